The van der Waals surface area contributed by atoms with E-state index in [0.29, 0.717) is 5.56 Å². The van der Waals surface area contributed by atoms with E-state index in [-0.39, 0.29) is 0 Å². The molecule has 0 aromatic heterocycles. The van der Waals surface area contributed by atoms with E-state index in [9.17, 15) is 4.79 Å². The predicted molar refractivity (Wildman–Crippen MR) is 102 cm³/mol. The summed E-state index contributed by atoms with van der Waals surface area (Å²) in [6, 6.07) is 14.9. The molecule has 2 aromatic carbocycles. The fourth-order valence-electron chi connectivity index (χ4n) is 3.45. The van der Waals surface area contributed by atoms with Crippen molar-refractivity contribution < 1.29 is 14.6 Å². The van der Waals surface area contributed by atoms with Crippen LogP contribution < -0.4 is 4.74 Å². The predicted octanol–water partition coefficient (Wildman–Crippen LogP) is 5.57. The lowest BCUT2D eigenvalue weighted by Gasteiger charge is -2.08. The Morgan fingerprint density at radius 2 is 1.46 bits per heavy atom. The summed E-state index contributed by atoms with van der Waals surface area (Å²) in [4.78, 5) is 10.9. The topological polar surface area (TPSA) is 46.5 Å². The van der Waals surface area contributed by atoms with Crippen LogP contribution in [0.5, 0.6) is 5.75 Å². The lowest BCUT2D eigenvalue weighted by Crippen LogP contribution is -1.97. The summed E-state index contributed by atoms with van der Waals surface area (Å²) in [5, 5.41) is 8.97. The standard InChI is InChI=1S/C23H24O3/c24-23(25)20-9-3-16(4-10-20)17-11-13-21(14-12-17)26-15-1-2-22(18-5-6-18)19-7-8-19/h2-4,9-14,18-19H,1,5-8,15H2,(H,24,25). The van der Waals surface area contributed by atoms with Gasteiger partial charge in [0.2, 0.25) is 0 Å². The number of hydrogen-bond acceptors (Lipinski definition) is 2. The quantitative estimate of drug-likeness (QED) is 0.501. The van der Waals surface area contributed by atoms with Crippen LogP contribution in [0, 0.1) is 11.8 Å². The van der Waals surface area contributed by atoms with Crippen molar-refractivity contribution >= 4 is 5.97 Å². The Bertz CT molecular complexity index is 780. The third-order valence-electron chi connectivity index (χ3n) is 5.18. The third kappa shape index (κ3) is 4.16. The van der Waals surface area contributed by atoms with Gasteiger partial charge in [-0.25, -0.2) is 4.79 Å². The summed E-state index contributed by atoms with van der Waals surface area (Å²) in [5.74, 6) is 1.74. The number of allylic oxidation sites excluding steroid dienone is 1. The molecule has 0 spiro atoms. The molecule has 2 saturated carbocycles. The molecule has 2 fully saturated rings. The van der Waals surface area contributed by atoms with E-state index in [0.717, 1.165) is 41.7 Å². The molecule has 2 aromatic rings. The first kappa shape index (κ1) is 16.9. The Labute approximate surface area is 154 Å². The molecule has 26 heavy (non-hydrogen) atoms. The highest BCUT2D eigenvalue weighted by molar-refractivity contribution is 5.88. The molecule has 0 unspecified atom stereocenters. The number of benzene rings is 2. The first-order valence-electron chi connectivity index (χ1n) is 9.47. The van der Waals surface area contributed by atoms with Gasteiger partial charge in [-0.05, 0) is 79.3 Å². The molecule has 134 valence electrons. The van der Waals surface area contributed by atoms with E-state index in [4.69, 9.17) is 9.84 Å². The van der Waals surface area contributed by atoms with Crippen molar-refractivity contribution in [3.05, 3.63) is 65.7 Å². The maximum absolute atomic E-state index is 10.9. The van der Waals surface area contributed by atoms with Crippen molar-refractivity contribution in [1.29, 1.82) is 0 Å². The summed E-state index contributed by atoms with van der Waals surface area (Å²) in [7, 11) is 0. The van der Waals surface area contributed by atoms with Crippen LogP contribution in [0.4, 0.5) is 0 Å². The second-order valence-corrected chi connectivity index (χ2v) is 7.30. The number of hydrogen-bond donors (Lipinski definition) is 1. The monoisotopic (exact) mass is 348 g/mol. The molecule has 4 rings (SSSR count). The van der Waals surface area contributed by atoms with Gasteiger partial charge in [-0.2, -0.15) is 0 Å². The van der Waals surface area contributed by atoms with Crippen LogP contribution in [0.25, 0.3) is 11.1 Å². The second-order valence-electron chi connectivity index (χ2n) is 7.30. The van der Waals surface area contributed by atoms with Gasteiger partial charge in [0, 0.05) is 0 Å². The Morgan fingerprint density at radius 1 is 0.923 bits per heavy atom. The minimum atomic E-state index is -0.902. The van der Waals surface area contributed by atoms with E-state index in [1.165, 1.54) is 25.7 Å². The van der Waals surface area contributed by atoms with Gasteiger partial charge in [-0.15, -0.1) is 0 Å². The smallest absolute Gasteiger partial charge is 0.335 e. The Morgan fingerprint density at radius 3 is 1.96 bits per heavy atom. The van der Waals surface area contributed by atoms with Gasteiger partial charge < -0.3 is 9.84 Å². The van der Waals surface area contributed by atoms with Gasteiger partial charge in [0.15, 0.2) is 0 Å². The molecule has 0 amide bonds. The van der Waals surface area contributed by atoms with Crippen LogP contribution in [0.1, 0.15) is 42.5 Å². The summed E-state index contributed by atoms with van der Waals surface area (Å²) in [6.07, 6.45) is 8.96. The normalized spacial score (nSPS) is 16.2. The number of ether oxygens (including phenoxy) is 1. The fourth-order valence-corrected chi connectivity index (χ4v) is 3.45. The molecule has 1 N–H and O–H groups in total. The minimum absolute atomic E-state index is 0.304. The van der Waals surface area contributed by atoms with Crippen molar-refractivity contribution in [2.45, 2.75) is 32.1 Å². The lowest BCUT2D eigenvalue weighted by atomic mass is 10.0. The highest BCUT2D eigenvalue weighted by Crippen LogP contribution is 2.48. The van der Waals surface area contributed by atoms with Crippen LogP contribution in [0.15, 0.2) is 60.2 Å². The average Bonchev–Trinajstić information content (AvgIpc) is 3.56. The molecule has 0 aliphatic heterocycles. The van der Waals surface area contributed by atoms with Crippen LogP contribution in [0.2, 0.25) is 0 Å². The molecule has 0 radical (unpaired) electrons. The number of carbonyl (C=O) groups is 1. The number of carboxylic acid groups (broad SMARTS) is 1. The lowest BCUT2D eigenvalue weighted by molar-refractivity contribution is 0.0697. The Hall–Kier alpha value is -2.55. The SMILES string of the molecule is O=C(O)c1ccc(-c2ccc(OCCC=C(C3CC3)C3CC3)cc2)cc1. The molecule has 0 saturated heterocycles. The van der Waals surface area contributed by atoms with E-state index >= 15 is 0 Å². The van der Waals surface area contributed by atoms with Gasteiger partial charge in [0.1, 0.15) is 5.75 Å². The Balaban J connectivity index is 1.31. The van der Waals surface area contributed by atoms with Crippen molar-refractivity contribution in [2.24, 2.45) is 11.8 Å². The van der Waals surface area contributed by atoms with Crippen LogP contribution >= 0.6 is 0 Å². The van der Waals surface area contributed by atoms with E-state index in [1.54, 1.807) is 17.7 Å². The summed E-state index contributed by atoms with van der Waals surface area (Å²) >= 11 is 0. The first-order valence-corrected chi connectivity index (χ1v) is 9.47. The molecular weight excluding hydrogens is 324 g/mol. The van der Waals surface area contributed by atoms with Crippen LogP contribution in [-0.2, 0) is 0 Å². The molecule has 3 heteroatoms. The van der Waals surface area contributed by atoms with Crippen molar-refractivity contribution in [2.75, 3.05) is 6.61 Å². The van der Waals surface area contributed by atoms with Crippen LogP contribution in [-0.4, -0.2) is 17.7 Å². The zero-order valence-corrected chi connectivity index (χ0v) is 14.9. The average molecular weight is 348 g/mol. The molecular formula is C23H24O3. The summed E-state index contributed by atoms with van der Waals surface area (Å²) in [5.41, 5.74) is 4.06. The van der Waals surface area contributed by atoms with E-state index in [1.807, 2.05) is 36.4 Å². The summed E-state index contributed by atoms with van der Waals surface area (Å²) in [6.45, 7) is 0.718. The summed E-state index contributed by atoms with van der Waals surface area (Å²) < 4.78 is 5.88. The minimum Gasteiger partial charge on any atom is -0.493 e. The molecule has 0 heterocycles. The zero-order valence-electron chi connectivity index (χ0n) is 14.9. The van der Waals surface area contributed by atoms with Crippen molar-refractivity contribution in [1.82, 2.24) is 0 Å². The van der Waals surface area contributed by atoms with Gasteiger partial charge in [0.05, 0.1) is 12.2 Å². The molecule has 2 aliphatic rings. The number of aromatic carboxylic acids is 1. The zero-order chi connectivity index (χ0) is 17.9. The number of rotatable bonds is 8. The largest absolute Gasteiger partial charge is 0.493 e. The van der Waals surface area contributed by atoms with Gasteiger partial charge >= 0.3 is 5.97 Å². The maximum atomic E-state index is 10.9. The van der Waals surface area contributed by atoms with E-state index < -0.39 is 5.97 Å². The first-order chi connectivity index (χ1) is 12.7. The second kappa shape index (κ2) is 7.36. The molecule has 0 atom stereocenters. The third-order valence-corrected chi connectivity index (χ3v) is 5.18. The molecule has 0 bridgehead atoms. The number of carboxylic acids is 1. The Kier molecular flexibility index (Phi) is 4.79. The maximum Gasteiger partial charge on any atom is 0.335 e. The molecule has 3 nitrogen and oxygen atoms in total. The van der Waals surface area contributed by atoms with E-state index in [2.05, 4.69) is 6.08 Å². The highest BCUT2D eigenvalue weighted by atomic mass is 16.5. The van der Waals surface area contributed by atoms with Gasteiger partial charge in [0.25, 0.3) is 0 Å². The highest BCUT2D eigenvalue weighted by Gasteiger charge is 2.35. The van der Waals surface area contributed by atoms with Gasteiger partial charge in [-0.3, -0.25) is 0 Å². The van der Waals surface area contributed by atoms with Crippen LogP contribution in [0.3, 0.4) is 0 Å². The van der Waals surface area contributed by atoms with Crippen molar-refractivity contribution in [3.63, 3.8) is 0 Å². The van der Waals surface area contributed by atoms with Gasteiger partial charge in [-0.1, -0.05) is 35.9 Å². The van der Waals surface area contributed by atoms with Crippen molar-refractivity contribution in [3.8, 4) is 16.9 Å². The fraction of sp³-hybridized carbons (Fsp3) is 0.348. The molecule has 2 aliphatic carbocycles.